The average molecular weight is 164 g/mol. The van der Waals surface area contributed by atoms with Gasteiger partial charge in [0.25, 0.3) is 0 Å². The summed E-state index contributed by atoms with van der Waals surface area (Å²) in [5, 5.41) is 0. The minimum atomic E-state index is 1.15. The molecular weight excluding hydrogens is 156 g/mol. The van der Waals surface area contributed by atoms with Crippen LogP contribution >= 0.6 is 11.5 Å². The Hall–Kier alpha value is -1.22. The number of nitrogens with one attached hydrogen (secondary N) is 2. The molecule has 2 rings (SSSR count). The molecule has 0 saturated carbocycles. The van der Waals surface area contributed by atoms with Crippen LogP contribution in [0.2, 0.25) is 0 Å². The quantitative estimate of drug-likeness (QED) is 0.600. The number of fused-ring (bicyclic) bond motifs is 1. The van der Waals surface area contributed by atoms with Crippen molar-refractivity contribution in [1.29, 1.82) is 0 Å². The van der Waals surface area contributed by atoms with Crippen LogP contribution in [0.4, 0.5) is 0 Å². The van der Waals surface area contributed by atoms with Gasteiger partial charge in [0.15, 0.2) is 0 Å². The molecule has 1 aromatic carbocycles. The van der Waals surface area contributed by atoms with Gasteiger partial charge in [0.05, 0.1) is 10.2 Å². The Kier molecular flexibility index (Phi) is 1.65. The van der Waals surface area contributed by atoms with Crippen molar-refractivity contribution in [2.75, 3.05) is 0 Å². The highest BCUT2D eigenvalue weighted by atomic mass is 32.1. The smallest absolute Gasteiger partial charge is 0.0675 e. The lowest BCUT2D eigenvalue weighted by Gasteiger charge is -1.86. The Bertz CT molecular complexity index is 346. The van der Waals surface area contributed by atoms with Crippen molar-refractivity contribution < 1.29 is 0 Å². The van der Waals surface area contributed by atoms with Gasteiger partial charge in [-0.2, -0.15) is 0 Å². The van der Waals surface area contributed by atoms with Gasteiger partial charge in [0.2, 0.25) is 0 Å². The van der Waals surface area contributed by atoms with Crippen LogP contribution in [-0.4, -0.2) is 9.36 Å². The van der Waals surface area contributed by atoms with Crippen LogP contribution in [0.15, 0.2) is 36.7 Å². The Morgan fingerprint density at radius 1 is 1.09 bits per heavy atom. The lowest BCUT2D eigenvalue weighted by Crippen LogP contribution is -1.66. The van der Waals surface area contributed by atoms with E-state index in [1.807, 2.05) is 24.5 Å². The summed E-state index contributed by atoms with van der Waals surface area (Å²) in [7, 11) is 0. The maximum Gasteiger partial charge on any atom is 0.0675 e. The molecule has 0 radical (unpaired) electrons. The molecular formula is C8H8N2S. The normalized spacial score (nSPS) is 9.82. The molecule has 2 aromatic rings. The van der Waals surface area contributed by atoms with Gasteiger partial charge in [-0.15, -0.1) is 0 Å². The summed E-state index contributed by atoms with van der Waals surface area (Å²) >= 11 is 1.61. The second-order valence-corrected chi connectivity index (χ2v) is 3.07. The molecule has 11 heavy (non-hydrogen) atoms. The van der Waals surface area contributed by atoms with E-state index in [4.69, 9.17) is 0 Å². The fourth-order valence-corrected chi connectivity index (χ4v) is 1.58. The molecule has 2 nitrogen and oxygen atoms in total. The molecule has 0 saturated heterocycles. The first-order valence-electron chi connectivity index (χ1n) is 3.40. The number of aromatic nitrogens is 2. The second kappa shape index (κ2) is 2.80. The van der Waals surface area contributed by atoms with E-state index >= 15 is 0 Å². The molecule has 0 fully saturated rings. The molecule has 0 aliphatic carbocycles. The summed E-state index contributed by atoms with van der Waals surface area (Å²) in [6, 6.07) is 8.18. The topological polar surface area (TPSA) is 31.6 Å². The van der Waals surface area contributed by atoms with Gasteiger partial charge in [-0.05, 0) is 12.1 Å². The van der Waals surface area contributed by atoms with Crippen molar-refractivity contribution in [3.63, 3.8) is 0 Å². The summed E-state index contributed by atoms with van der Waals surface area (Å²) in [6.07, 6.45) is 3.77. The highest BCUT2D eigenvalue weighted by Crippen LogP contribution is 2.10. The van der Waals surface area contributed by atoms with Gasteiger partial charge in [0, 0.05) is 12.4 Å². The van der Waals surface area contributed by atoms with E-state index in [1.165, 1.54) is 4.70 Å². The molecule has 1 heterocycles. The van der Waals surface area contributed by atoms with Crippen LogP contribution in [0.25, 0.3) is 10.2 Å². The highest BCUT2D eigenvalue weighted by Gasteiger charge is 1.85. The number of benzene rings is 1. The number of H-pyrrole nitrogens is 2. The monoisotopic (exact) mass is 164 g/mol. The van der Waals surface area contributed by atoms with E-state index in [1.54, 1.807) is 11.5 Å². The predicted octanol–water partition coefficient (Wildman–Crippen LogP) is 2.68. The number of hydrogen-bond acceptors (Lipinski definition) is 1. The summed E-state index contributed by atoms with van der Waals surface area (Å²) < 4.78 is 4.30. The van der Waals surface area contributed by atoms with E-state index in [2.05, 4.69) is 21.5 Å². The SMILES string of the molecule is c1ccc2s[nH]cc[nH]c2c1. The van der Waals surface area contributed by atoms with Gasteiger partial charge in [-0.25, -0.2) is 0 Å². The second-order valence-electron chi connectivity index (χ2n) is 2.19. The van der Waals surface area contributed by atoms with E-state index in [0.29, 0.717) is 0 Å². The van der Waals surface area contributed by atoms with Crippen LogP contribution in [0.1, 0.15) is 0 Å². The fraction of sp³-hybridized carbons (Fsp3) is 0. The zero-order chi connectivity index (χ0) is 7.52. The van der Waals surface area contributed by atoms with Gasteiger partial charge in [-0.1, -0.05) is 23.7 Å². The first-order valence-corrected chi connectivity index (χ1v) is 4.21. The molecule has 2 N–H and O–H groups in total. The summed E-state index contributed by atoms with van der Waals surface area (Å²) in [5.41, 5.74) is 1.15. The first kappa shape index (κ1) is 6.49. The molecule has 1 aromatic heterocycles. The number of para-hydroxylation sites is 1. The van der Waals surface area contributed by atoms with Crippen LogP contribution in [0, 0.1) is 0 Å². The Morgan fingerprint density at radius 3 is 3.00 bits per heavy atom. The van der Waals surface area contributed by atoms with E-state index < -0.39 is 0 Å². The van der Waals surface area contributed by atoms with Gasteiger partial charge in [-0.3, -0.25) is 0 Å². The van der Waals surface area contributed by atoms with Crippen LogP contribution in [0.5, 0.6) is 0 Å². The van der Waals surface area contributed by atoms with E-state index in [-0.39, 0.29) is 0 Å². The first-order chi connectivity index (χ1) is 5.47. The minimum absolute atomic E-state index is 1.15. The van der Waals surface area contributed by atoms with Crippen molar-refractivity contribution in [2.45, 2.75) is 0 Å². The third-order valence-corrected chi connectivity index (χ3v) is 2.28. The van der Waals surface area contributed by atoms with Crippen molar-refractivity contribution in [2.24, 2.45) is 0 Å². The average Bonchev–Trinajstić information content (AvgIpc) is 2.28. The zero-order valence-electron chi connectivity index (χ0n) is 5.87. The molecule has 0 spiro atoms. The van der Waals surface area contributed by atoms with Gasteiger partial charge < -0.3 is 9.36 Å². The highest BCUT2D eigenvalue weighted by molar-refractivity contribution is 7.12. The number of rotatable bonds is 0. The molecule has 56 valence electrons. The maximum atomic E-state index is 3.16. The molecule has 0 atom stereocenters. The molecule has 0 amide bonds. The van der Waals surface area contributed by atoms with E-state index in [9.17, 15) is 0 Å². The standard InChI is InChI=1S/C8H8N2S/c1-2-4-8-7(3-1)9-5-6-10-11-8/h1-6,9-10H. The Morgan fingerprint density at radius 2 is 2.00 bits per heavy atom. The van der Waals surface area contributed by atoms with Crippen molar-refractivity contribution >= 4 is 21.7 Å². The van der Waals surface area contributed by atoms with Crippen LogP contribution in [0.3, 0.4) is 0 Å². The lowest BCUT2D eigenvalue weighted by molar-refractivity contribution is 1.39. The van der Waals surface area contributed by atoms with Crippen molar-refractivity contribution in [3.8, 4) is 0 Å². The van der Waals surface area contributed by atoms with E-state index in [0.717, 1.165) is 5.52 Å². The molecule has 0 aliphatic rings. The third-order valence-electron chi connectivity index (χ3n) is 1.45. The minimum Gasteiger partial charge on any atom is -0.359 e. The molecule has 0 bridgehead atoms. The fourth-order valence-electron chi connectivity index (χ4n) is 0.938. The summed E-state index contributed by atoms with van der Waals surface area (Å²) in [5.74, 6) is 0. The Labute approximate surface area is 68.4 Å². The zero-order valence-corrected chi connectivity index (χ0v) is 6.69. The molecule has 3 heteroatoms. The van der Waals surface area contributed by atoms with Crippen LogP contribution < -0.4 is 0 Å². The van der Waals surface area contributed by atoms with Crippen molar-refractivity contribution in [1.82, 2.24) is 9.36 Å². The predicted molar refractivity (Wildman–Crippen MR) is 48.2 cm³/mol. The molecule has 0 unspecified atom stereocenters. The van der Waals surface area contributed by atoms with Gasteiger partial charge in [0.1, 0.15) is 0 Å². The van der Waals surface area contributed by atoms with Gasteiger partial charge >= 0.3 is 0 Å². The maximum absolute atomic E-state index is 3.16. The molecule has 0 aliphatic heterocycles. The number of aromatic amines is 2. The lowest BCUT2D eigenvalue weighted by atomic mass is 10.3. The number of hydrogen-bond donors (Lipinski definition) is 2. The van der Waals surface area contributed by atoms with Crippen LogP contribution in [-0.2, 0) is 0 Å². The third kappa shape index (κ3) is 1.28. The summed E-state index contributed by atoms with van der Waals surface area (Å²) in [4.78, 5) is 3.16. The summed E-state index contributed by atoms with van der Waals surface area (Å²) in [6.45, 7) is 0. The largest absolute Gasteiger partial charge is 0.359 e. The Balaban J connectivity index is 2.90. The van der Waals surface area contributed by atoms with Crippen molar-refractivity contribution in [3.05, 3.63) is 36.7 Å².